The number of nitrogens with two attached hydrogens (primary N) is 1. The molecular formula is C27H26F2N4O2S. The van der Waals surface area contributed by atoms with Crippen LogP contribution in [0.5, 0.6) is 0 Å². The number of halogens is 2. The van der Waals surface area contributed by atoms with Crippen molar-refractivity contribution in [3.05, 3.63) is 64.5 Å². The number of carbonyl (C=O) groups is 1. The number of anilines is 1. The number of carbonyl (C=O) groups excluding carboxylic acids is 1. The van der Waals surface area contributed by atoms with Gasteiger partial charge in [0.2, 0.25) is 0 Å². The zero-order chi connectivity index (χ0) is 25.4. The molecule has 5 rings (SSSR count). The van der Waals surface area contributed by atoms with Gasteiger partial charge in [-0.25, -0.2) is 8.78 Å². The maximum atomic E-state index is 15.5. The van der Waals surface area contributed by atoms with E-state index in [0.717, 1.165) is 12.8 Å². The highest BCUT2D eigenvalue weighted by atomic mass is 32.1. The van der Waals surface area contributed by atoms with Crippen molar-refractivity contribution >= 4 is 22.9 Å². The molecule has 2 aliphatic rings. The summed E-state index contributed by atoms with van der Waals surface area (Å²) in [6.45, 7) is 2.15. The summed E-state index contributed by atoms with van der Waals surface area (Å²) >= 11 is 1.17. The summed E-state index contributed by atoms with van der Waals surface area (Å²) in [4.78, 5) is 17.9. The van der Waals surface area contributed by atoms with Crippen molar-refractivity contribution in [3.63, 3.8) is 0 Å². The predicted octanol–water partition coefficient (Wildman–Crippen LogP) is 4.37. The number of likely N-dealkylation sites (tertiary alicyclic amines) is 1. The molecule has 0 saturated carbocycles. The molecule has 1 aromatic heterocycles. The molecule has 3 aromatic rings. The smallest absolute Gasteiger partial charge is 0.264 e. The van der Waals surface area contributed by atoms with Crippen LogP contribution in [0.4, 0.5) is 14.5 Å². The first-order valence-electron chi connectivity index (χ1n) is 12.0. The van der Waals surface area contributed by atoms with Gasteiger partial charge in [-0.2, -0.15) is 5.26 Å². The Morgan fingerprint density at radius 1 is 1.06 bits per heavy atom. The number of benzene rings is 2. The fraction of sp³-hybridized carbons (Fsp3) is 0.333. The number of aliphatic hydroxyl groups is 1. The van der Waals surface area contributed by atoms with Crippen LogP contribution >= 0.6 is 11.3 Å². The van der Waals surface area contributed by atoms with E-state index < -0.39 is 17.7 Å². The standard InChI is InChI=1S/C27H26F2N4O2S/c28-23-10-16(3-4-17(23)13-30)22-12-25(27(35)33-8-1-2-18(31)14-33)36-26(22)21-6-5-19(11-24(21)29)32-9-7-20(34)15-32/h3-6,10-12,18,20,34H,1-2,7-9,14-15,31H2/t18-,20+/m1/s1. The van der Waals surface area contributed by atoms with Gasteiger partial charge in [-0.05, 0) is 61.2 Å². The van der Waals surface area contributed by atoms with E-state index in [4.69, 9.17) is 11.0 Å². The molecule has 2 saturated heterocycles. The highest BCUT2D eigenvalue weighted by Gasteiger charge is 2.27. The van der Waals surface area contributed by atoms with Crippen molar-refractivity contribution in [2.75, 3.05) is 31.1 Å². The van der Waals surface area contributed by atoms with E-state index >= 15 is 4.39 Å². The molecule has 6 nitrogen and oxygen atoms in total. The highest BCUT2D eigenvalue weighted by Crippen LogP contribution is 2.42. The Labute approximate surface area is 212 Å². The number of hydrogen-bond donors (Lipinski definition) is 2. The van der Waals surface area contributed by atoms with Gasteiger partial charge in [0, 0.05) is 53.9 Å². The second kappa shape index (κ2) is 9.97. The molecule has 0 radical (unpaired) electrons. The molecule has 2 aliphatic heterocycles. The van der Waals surface area contributed by atoms with Crippen molar-refractivity contribution in [1.82, 2.24) is 4.90 Å². The molecule has 0 bridgehead atoms. The van der Waals surface area contributed by atoms with Gasteiger partial charge >= 0.3 is 0 Å². The lowest BCUT2D eigenvalue weighted by Gasteiger charge is -2.30. The summed E-state index contributed by atoms with van der Waals surface area (Å²) in [7, 11) is 0. The number of rotatable bonds is 4. The zero-order valence-electron chi connectivity index (χ0n) is 19.6. The van der Waals surface area contributed by atoms with E-state index in [9.17, 15) is 14.3 Å². The number of amides is 1. The SMILES string of the molecule is N#Cc1ccc(-c2cc(C(=O)N3CCC[C@@H](N)C3)sc2-c2ccc(N3CC[C@H](O)C3)cc2F)cc1F. The van der Waals surface area contributed by atoms with E-state index in [0.29, 0.717) is 64.7 Å². The van der Waals surface area contributed by atoms with E-state index in [1.54, 1.807) is 29.2 Å². The fourth-order valence-electron chi connectivity index (χ4n) is 4.90. The van der Waals surface area contributed by atoms with Crippen molar-refractivity contribution in [2.45, 2.75) is 31.4 Å². The van der Waals surface area contributed by atoms with Crippen LogP contribution in [0.1, 0.15) is 34.5 Å². The number of hydrogen-bond acceptors (Lipinski definition) is 6. The Morgan fingerprint density at radius 2 is 1.89 bits per heavy atom. The summed E-state index contributed by atoms with van der Waals surface area (Å²) in [6.07, 6.45) is 1.88. The molecule has 0 aliphatic carbocycles. The lowest BCUT2D eigenvalue weighted by molar-refractivity contribution is 0.0713. The molecule has 9 heteroatoms. The summed E-state index contributed by atoms with van der Waals surface area (Å²) in [5.74, 6) is -1.32. The van der Waals surface area contributed by atoms with Crippen molar-refractivity contribution in [2.24, 2.45) is 5.73 Å². The molecule has 186 valence electrons. The molecule has 36 heavy (non-hydrogen) atoms. The highest BCUT2D eigenvalue weighted by molar-refractivity contribution is 7.18. The summed E-state index contributed by atoms with van der Waals surface area (Å²) < 4.78 is 30.0. The van der Waals surface area contributed by atoms with E-state index in [2.05, 4.69) is 0 Å². The van der Waals surface area contributed by atoms with Gasteiger partial charge in [0.15, 0.2) is 0 Å². The van der Waals surface area contributed by atoms with Crippen molar-refractivity contribution in [3.8, 4) is 27.6 Å². The molecule has 2 atom stereocenters. The first-order chi connectivity index (χ1) is 17.3. The molecule has 3 N–H and O–H groups in total. The first kappa shape index (κ1) is 24.4. The van der Waals surface area contributed by atoms with E-state index in [1.807, 2.05) is 11.0 Å². The topological polar surface area (TPSA) is 93.6 Å². The number of aliphatic hydroxyl groups excluding tert-OH is 1. The molecular weight excluding hydrogens is 482 g/mol. The average molecular weight is 509 g/mol. The molecule has 3 heterocycles. The summed E-state index contributed by atoms with van der Waals surface area (Å²) in [5.41, 5.74) is 7.94. The second-order valence-corrected chi connectivity index (χ2v) is 10.4. The van der Waals surface area contributed by atoms with Crippen LogP contribution in [0.15, 0.2) is 42.5 Å². The Balaban J connectivity index is 1.57. The largest absolute Gasteiger partial charge is 0.391 e. The van der Waals surface area contributed by atoms with Gasteiger partial charge in [0.1, 0.15) is 17.7 Å². The number of β-amino-alcohol motifs (C(OH)–C–C–N with tert-alkyl or cyclic N) is 1. The third kappa shape index (κ3) is 4.72. The quantitative estimate of drug-likeness (QED) is 0.546. The Morgan fingerprint density at radius 3 is 2.56 bits per heavy atom. The normalized spacial score (nSPS) is 20.0. The maximum Gasteiger partial charge on any atom is 0.264 e. The van der Waals surface area contributed by atoms with Crippen LogP contribution in [0.25, 0.3) is 21.6 Å². The van der Waals surface area contributed by atoms with Gasteiger partial charge in [-0.3, -0.25) is 4.79 Å². The van der Waals surface area contributed by atoms with Crippen LogP contribution in [0.2, 0.25) is 0 Å². The lowest BCUT2D eigenvalue weighted by Crippen LogP contribution is -2.45. The number of nitrogens with zero attached hydrogens (tertiary/aromatic N) is 3. The number of nitriles is 1. The molecule has 0 spiro atoms. The van der Waals surface area contributed by atoms with Crippen LogP contribution in [-0.2, 0) is 0 Å². The van der Waals surface area contributed by atoms with Gasteiger partial charge in [0.05, 0.1) is 16.5 Å². The van der Waals surface area contributed by atoms with Crippen molar-refractivity contribution in [1.29, 1.82) is 5.26 Å². The monoisotopic (exact) mass is 508 g/mol. The van der Waals surface area contributed by atoms with Gasteiger partial charge < -0.3 is 20.6 Å². The molecule has 2 fully saturated rings. The van der Waals surface area contributed by atoms with Gasteiger partial charge in [-0.15, -0.1) is 11.3 Å². The summed E-state index contributed by atoms with van der Waals surface area (Å²) in [6, 6.07) is 12.5. The molecule has 1 amide bonds. The van der Waals surface area contributed by atoms with Gasteiger partial charge in [0.25, 0.3) is 5.91 Å². The third-order valence-corrected chi connectivity index (χ3v) is 7.97. The Kier molecular flexibility index (Phi) is 6.75. The maximum absolute atomic E-state index is 15.5. The lowest BCUT2D eigenvalue weighted by atomic mass is 10.00. The minimum Gasteiger partial charge on any atom is -0.391 e. The minimum atomic E-state index is -0.676. The number of thiophene rings is 1. The van der Waals surface area contributed by atoms with Crippen molar-refractivity contribution < 1.29 is 18.7 Å². The van der Waals surface area contributed by atoms with Crippen LogP contribution in [0, 0.1) is 23.0 Å². The van der Waals surface area contributed by atoms with Gasteiger partial charge in [-0.1, -0.05) is 6.07 Å². The van der Waals surface area contributed by atoms with E-state index in [1.165, 1.54) is 29.5 Å². The summed E-state index contributed by atoms with van der Waals surface area (Å²) in [5, 5.41) is 18.9. The average Bonchev–Trinajstić information content (AvgIpc) is 3.50. The predicted molar refractivity (Wildman–Crippen MR) is 136 cm³/mol. The second-order valence-electron chi connectivity index (χ2n) is 9.37. The Hall–Kier alpha value is -3.32. The minimum absolute atomic E-state index is 0.0803. The van der Waals surface area contributed by atoms with Crippen LogP contribution < -0.4 is 10.6 Å². The third-order valence-electron chi connectivity index (χ3n) is 6.81. The van der Waals surface area contributed by atoms with E-state index in [-0.39, 0.29) is 17.5 Å². The molecule has 0 unspecified atom stereocenters. The molecule has 2 aromatic carbocycles. The Bertz CT molecular complexity index is 1350. The van der Waals surface area contributed by atoms with Crippen LogP contribution in [0.3, 0.4) is 0 Å². The first-order valence-corrected chi connectivity index (χ1v) is 12.8. The van der Waals surface area contributed by atoms with Crippen LogP contribution in [-0.4, -0.2) is 54.2 Å². The zero-order valence-corrected chi connectivity index (χ0v) is 20.4. The fourth-order valence-corrected chi connectivity index (χ4v) is 6.07. The number of piperidine rings is 1.